The van der Waals surface area contributed by atoms with Gasteiger partial charge in [0.2, 0.25) is 5.91 Å². The Morgan fingerprint density at radius 2 is 1.62 bits per heavy atom. The van der Waals surface area contributed by atoms with Crippen LogP contribution in [0.1, 0.15) is 53.1 Å². The number of nitrogens with two attached hydrogens (primary N) is 1. The smallest absolute Gasteiger partial charge is 0.227 e. The lowest BCUT2D eigenvalue weighted by molar-refractivity contribution is -0.133. The Labute approximate surface area is 133 Å². The Morgan fingerprint density at radius 1 is 1.14 bits per heavy atom. The number of nitrogens with one attached hydrogen (secondary N) is 1. The molecule has 0 spiro atoms. The number of hydrogen-bond donors (Lipinski definition) is 2. The van der Waals surface area contributed by atoms with Gasteiger partial charge in [0.05, 0.1) is 11.5 Å². The second kappa shape index (κ2) is 6.37. The van der Waals surface area contributed by atoms with Crippen LogP contribution in [0.3, 0.4) is 0 Å². The third-order valence-corrected chi connectivity index (χ3v) is 4.61. The zero-order valence-electron chi connectivity index (χ0n) is 13.8. The van der Waals surface area contributed by atoms with Crippen molar-refractivity contribution in [3.05, 3.63) is 34.9 Å². The fourth-order valence-corrected chi connectivity index (χ4v) is 2.05. The first-order chi connectivity index (χ1) is 9.46. The zero-order chi connectivity index (χ0) is 16.4. The van der Waals surface area contributed by atoms with Gasteiger partial charge in [-0.25, -0.2) is 0 Å². The first-order valence-electron chi connectivity index (χ1n) is 7.32. The lowest BCUT2D eigenvalue weighted by Gasteiger charge is -2.38. The maximum atomic E-state index is 12.6. The Kier molecular flexibility index (Phi) is 5.46. The molecule has 0 fully saturated rings. The number of amides is 1. The number of hydrogen-bond acceptors (Lipinski definition) is 2. The Bertz CT molecular complexity index is 487. The van der Waals surface area contributed by atoms with Gasteiger partial charge in [0.1, 0.15) is 0 Å². The second-order valence-electron chi connectivity index (χ2n) is 7.09. The highest BCUT2D eigenvalue weighted by molar-refractivity contribution is 6.30. The molecule has 0 saturated heterocycles. The summed E-state index contributed by atoms with van der Waals surface area (Å²) in [4.78, 5) is 12.6. The fraction of sp³-hybridized carbons (Fsp3) is 0.588. The van der Waals surface area contributed by atoms with Crippen molar-refractivity contribution in [2.75, 3.05) is 0 Å². The van der Waals surface area contributed by atoms with Crippen molar-refractivity contribution in [2.45, 2.75) is 53.1 Å². The van der Waals surface area contributed by atoms with Crippen molar-refractivity contribution in [3.8, 4) is 0 Å². The van der Waals surface area contributed by atoms with Crippen LogP contribution in [0.4, 0.5) is 0 Å². The monoisotopic (exact) mass is 310 g/mol. The fourth-order valence-electron chi connectivity index (χ4n) is 1.92. The first kappa shape index (κ1) is 18.0. The Balaban J connectivity index is 3.00. The average molecular weight is 311 g/mol. The van der Waals surface area contributed by atoms with E-state index in [-0.39, 0.29) is 17.9 Å². The first-order valence-corrected chi connectivity index (χ1v) is 7.70. The van der Waals surface area contributed by atoms with E-state index in [4.69, 9.17) is 17.3 Å². The molecule has 0 aliphatic heterocycles. The van der Waals surface area contributed by atoms with E-state index < -0.39 is 11.0 Å². The predicted molar refractivity (Wildman–Crippen MR) is 89.2 cm³/mol. The van der Waals surface area contributed by atoms with Crippen molar-refractivity contribution < 1.29 is 4.79 Å². The third kappa shape index (κ3) is 4.21. The highest BCUT2D eigenvalue weighted by Gasteiger charge is 2.41. The molecule has 1 amide bonds. The zero-order valence-corrected chi connectivity index (χ0v) is 14.6. The Hall–Kier alpha value is -1.06. The molecule has 0 radical (unpaired) electrons. The molecule has 0 saturated carbocycles. The largest absolute Gasteiger partial charge is 0.349 e. The van der Waals surface area contributed by atoms with Crippen LogP contribution in [0.5, 0.6) is 0 Å². The van der Waals surface area contributed by atoms with E-state index in [9.17, 15) is 4.79 Å². The van der Waals surface area contributed by atoms with Crippen LogP contribution in [-0.4, -0.2) is 11.4 Å². The van der Waals surface area contributed by atoms with Crippen molar-refractivity contribution in [2.24, 2.45) is 17.1 Å². The van der Waals surface area contributed by atoms with Gasteiger partial charge in [-0.3, -0.25) is 4.79 Å². The maximum Gasteiger partial charge on any atom is 0.227 e. The quantitative estimate of drug-likeness (QED) is 0.866. The van der Waals surface area contributed by atoms with Crippen LogP contribution < -0.4 is 11.1 Å². The van der Waals surface area contributed by atoms with Gasteiger partial charge in [-0.05, 0) is 51.3 Å². The lowest BCUT2D eigenvalue weighted by atomic mass is 9.74. The standard InChI is InChI=1S/C17H27ClN2O/c1-11(2)14(12-7-9-13(18)10-8-12)20-15(21)16(3,4)17(5,6)19/h7-11,14H,19H2,1-6H3,(H,20,21). The van der Waals surface area contributed by atoms with E-state index in [1.807, 2.05) is 52.0 Å². The molecule has 1 unspecified atom stereocenters. The average Bonchev–Trinajstić information content (AvgIpc) is 2.35. The minimum Gasteiger partial charge on any atom is -0.349 e. The van der Waals surface area contributed by atoms with Gasteiger partial charge in [0.25, 0.3) is 0 Å². The molecule has 21 heavy (non-hydrogen) atoms. The van der Waals surface area contributed by atoms with Crippen LogP contribution >= 0.6 is 11.6 Å². The lowest BCUT2D eigenvalue weighted by Crippen LogP contribution is -2.56. The molecule has 0 bridgehead atoms. The SMILES string of the molecule is CC(C)C(NC(=O)C(C)(C)C(C)(C)N)c1ccc(Cl)cc1. The molecular weight excluding hydrogens is 284 g/mol. The number of benzene rings is 1. The topological polar surface area (TPSA) is 55.1 Å². The summed E-state index contributed by atoms with van der Waals surface area (Å²) in [6.07, 6.45) is 0. The van der Waals surface area contributed by atoms with E-state index in [0.717, 1.165) is 5.56 Å². The summed E-state index contributed by atoms with van der Waals surface area (Å²) in [7, 11) is 0. The normalized spacial score (nSPS) is 14.1. The molecule has 0 aliphatic rings. The van der Waals surface area contributed by atoms with Gasteiger partial charge in [0.15, 0.2) is 0 Å². The second-order valence-corrected chi connectivity index (χ2v) is 7.53. The molecule has 118 valence electrons. The number of rotatable bonds is 5. The molecule has 0 heterocycles. The molecule has 1 rings (SSSR count). The molecule has 3 N–H and O–H groups in total. The summed E-state index contributed by atoms with van der Waals surface area (Å²) in [6, 6.07) is 7.53. The molecule has 1 aromatic rings. The van der Waals surface area contributed by atoms with Gasteiger partial charge in [-0.2, -0.15) is 0 Å². The molecular formula is C17H27ClN2O. The molecule has 0 aliphatic carbocycles. The van der Waals surface area contributed by atoms with Crippen LogP contribution in [0.15, 0.2) is 24.3 Å². The van der Waals surface area contributed by atoms with Crippen molar-refractivity contribution >= 4 is 17.5 Å². The predicted octanol–water partition coefficient (Wildman–Crippen LogP) is 3.92. The highest BCUT2D eigenvalue weighted by atomic mass is 35.5. The molecule has 1 aromatic carbocycles. The van der Waals surface area contributed by atoms with Crippen LogP contribution in [0.25, 0.3) is 0 Å². The van der Waals surface area contributed by atoms with E-state index in [1.165, 1.54) is 0 Å². The summed E-state index contributed by atoms with van der Waals surface area (Å²) in [5, 5.41) is 3.83. The number of carbonyl (C=O) groups excluding carboxylic acids is 1. The minimum absolute atomic E-state index is 0.0383. The minimum atomic E-state index is -0.660. The summed E-state index contributed by atoms with van der Waals surface area (Å²) >= 11 is 5.93. The summed E-state index contributed by atoms with van der Waals surface area (Å²) in [5.41, 5.74) is 5.94. The van der Waals surface area contributed by atoms with E-state index in [2.05, 4.69) is 19.2 Å². The molecule has 1 atom stereocenters. The van der Waals surface area contributed by atoms with E-state index in [0.29, 0.717) is 5.02 Å². The van der Waals surface area contributed by atoms with Gasteiger partial charge >= 0.3 is 0 Å². The summed E-state index contributed by atoms with van der Waals surface area (Å²) in [5.74, 6) is 0.232. The molecule has 0 aromatic heterocycles. The summed E-state index contributed by atoms with van der Waals surface area (Å²) < 4.78 is 0. The summed E-state index contributed by atoms with van der Waals surface area (Å²) in [6.45, 7) is 11.7. The van der Waals surface area contributed by atoms with Crippen LogP contribution in [-0.2, 0) is 4.79 Å². The van der Waals surface area contributed by atoms with E-state index in [1.54, 1.807) is 0 Å². The van der Waals surface area contributed by atoms with Crippen molar-refractivity contribution in [1.82, 2.24) is 5.32 Å². The highest BCUT2D eigenvalue weighted by Crippen LogP contribution is 2.31. The van der Waals surface area contributed by atoms with Crippen LogP contribution in [0, 0.1) is 11.3 Å². The van der Waals surface area contributed by atoms with Gasteiger partial charge in [-0.15, -0.1) is 0 Å². The number of halogens is 1. The van der Waals surface area contributed by atoms with Crippen molar-refractivity contribution in [3.63, 3.8) is 0 Å². The Morgan fingerprint density at radius 3 is 2.00 bits per heavy atom. The van der Waals surface area contributed by atoms with E-state index >= 15 is 0 Å². The van der Waals surface area contributed by atoms with Crippen LogP contribution in [0.2, 0.25) is 5.02 Å². The molecule has 3 nitrogen and oxygen atoms in total. The molecule has 4 heteroatoms. The van der Waals surface area contributed by atoms with Crippen molar-refractivity contribution in [1.29, 1.82) is 0 Å². The number of carbonyl (C=O) groups is 1. The maximum absolute atomic E-state index is 12.6. The van der Waals surface area contributed by atoms with Gasteiger partial charge < -0.3 is 11.1 Å². The van der Waals surface area contributed by atoms with Gasteiger partial charge in [-0.1, -0.05) is 37.6 Å². The van der Waals surface area contributed by atoms with Gasteiger partial charge in [0, 0.05) is 10.6 Å². The third-order valence-electron chi connectivity index (χ3n) is 4.36.